The van der Waals surface area contributed by atoms with E-state index in [1.807, 2.05) is 0 Å². The standard InChI is InChI=1S/C25H17BrCl2FNO4S/c1-33-21-10-16(8-18(26)23(21)34-13-15-3-2-4-17(29)7-15)11-22-24(31)30(25(32)35-22)12-14-5-6-19(27)20(28)9-14/h2-11H,12-13H2,1H3/b22-11+. The summed E-state index contributed by atoms with van der Waals surface area (Å²) in [5, 5.41) is 0.365. The number of hydrogen-bond donors (Lipinski definition) is 0. The lowest BCUT2D eigenvalue weighted by Crippen LogP contribution is -2.27. The van der Waals surface area contributed by atoms with Gasteiger partial charge in [0.15, 0.2) is 11.5 Å². The summed E-state index contributed by atoms with van der Waals surface area (Å²) in [5.74, 6) is 0.0897. The third-order valence-electron chi connectivity index (χ3n) is 5.02. The van der Waals surface area contributed by atoms with Crippen LogP contribution >= 0.6 is 50.9 Å². The molecule has 5 nitrogen and oxygen atoms in total. The normalized spacial score (nSPS) is 14.7. The number of amides is 2. The number of methoxy groups -OCH3 is 1. The Morgan fingerprint density at radius 2 is 1.86 bits per heavy atom. The molecule has 180 valence electrons. The van der Waals surface area contributed by atoms with Gasteiger partial charge in [-0.3, -0.25) is 14.5 Å². The fourth-order valence-electron chi connectivity index (χ4n) is 3.35. The predicted molar refractivity (Wildman–Crippen MR) is 139 cm³/mol. The van der Waals surface area contributed by atoms with Gasteiger partial charge < -0.3 is 9.47 Å². The highest BCUT2D eigenvalue weighted by Crippen LogP contribution is 2.40. The zero-order valence-electron chi connectivity index (χ0n) is 18.2. The third kappa shape index (κ3) is 6.01. The van der Waals surface area contributed by atoms with Crippen LogP contribution in [0, 0.1) is 5.82 Å². The molecule has 0 aromatic heterocycles. The van der Waals surface area contributed by atoms with E-state index >= 15 is 0 Å². The van der Waals surface area contributed by atoms with Crippen molar-refractivity contribution >= 4 is 68.1 Å². The summed E-state index contributed by atoms with van der Waals surface area (Å²) < 4.78 is 25.3. The topological polar surface area (TPSA) is 55.8 Å². The third-order valence-corrected chi connectivity index (χ3v) is 7.26. The lowest BCUT2D eigenvalue weighted by Gasteiger charge is -2.14. The van der Waals surface area contributed by atoms with Crippen molar-refractivity contribution in [3.8, 4) is 11.5 Å². The van der Waals surface area contributed by atoms with E-state index in [4.69, 9.17) is 32.7 Å². The van der Waals surface area contributed by atoms with Gasteiger partial charge in [-0.1, -0.05) is 41.4 Å². The van der Waals surface area contributed by atoms with Gasteiger partial charge in [0, 0.05) is 0 Å². The highest BCUT2D eigenvalue weighted by atomic mass is 79.9. The number of benzene rings is 3. The minimum atomic E-state index is -0.410. The molecular weight excluding hydrogens is 580 g/mol. The summed E-state index contributed by atoms with van der Waals surface area (Å²) in [6, 6.07) is 14.5. The molecule has 3 aromatic rings. The van der Waals surface area contributed by atoms with E-state index < -0.39 is 5.91 Å². The molecule has 4 rings (SSSR count). The fraction of sp³-hybridized carbons (Fsp3) is 0.120. The zero-order valence-corrected chi connectivity index (χ0v) is 22.1. The second-order valence-corrected chi connectivity index (χ2v) is 10.1. The van der Waals surface area contributed by atoms with Crippen LogP contribution in [0.2, 0.25) is 10.0 Å². The molecule has 35 heavy (non-hydrogen) atoms. The van der Waals surface area contributed by atoms with Gasteiger partial charge in [-0.05, 0) is 86.9 Å². The van der Waals surface area contributed by atoms with Crippen LogP contribution in [0.25, 0.3) is 6.08 Å². The first-order valence-corrected chi connectivity index (χ1v) is 12.6. The molecule has 1 aliphatic heterocycles. The van der Waals surface area contributed by atoms with E-state index in [-0.39, 0.29) is 29.1 Å². The Bertz CT molecular complexity index is 1350. The molecule has 2 amide bonds. The van der Waals surface area contributed by atoms with E-state index in [2.05, 4.69) is 15.9 Å². The van der Waals surface area contributed by atoms with Gasteiger partial charge >= 0.3 is 0 Å². The fourth-order valence-corrected chi connectivity index (χ4v) is 5.09. The Morgan fingerprint density at radius 3 is 2.57 bits per heavy atom. The number of nitrogens with zero attached hydrogens (tertiary/aromatic N) is 1. The minimum Gasteiger partial charge on any atom is -0.493 e. The molecule has 1 aliphatic rings. The molecule has 0 N–H and O–H groups in total. The van der Waals surface area contributed by atoms with Crippen molar-refractivity contribution in [2.75, 3.05) is 7.11 Å². The Hall–Kier alpha value is -2.52. The van der Waals surface area contributed by atoms with E-state index in [0.29, 0.717) is 42.7 Å². The predicted octanol–water partition coefficient (Wildman–Crippen LogP) is 7.72. The smallest absolute Gasteiger partial charge is 0.293 e. The minimum absolute atomic E-state index is 0.0821. The number of rotatable bonds is 7. The van der Waals surface area contributed by atoms with Gasteiger partial charge in [0.05, 0.1) is 33.1 Å². The van der Waals surface area contributed by atoms with E-state index in [9.17, 15) is 14.0 Å². The van der Waals surface area contributed by atoms with Gasteiger partial charge in [0.25, 0.3) is 11.1 Å². The van der Waals surface area contributed by atoms with Gasteiger partial charge in [-0.2, -0.15) is 0 Å². The van der Waals surface area contributed by atoms with Crippen molar-refractivity contribution in [3.63, 3.8) is 0 Å². The van der Waals surface area contributed by atoms with Gasteiger partial charge in [-0.15, -0.1) is 0 Å². The number of halogens is 4. The number of hydrogen-bond acceptors (Lipinski definition) is 5. The average molecular weight is 597 g/mol. The maximum absolute atomic E-state index is 13.4. The summed E-state index contributed by atoms with van der Waals surface area (Å²) in [4.78, 5) is 26.9. The van der Waals surface area contributed by atoms with E-state index in [0.717, 1.165) is 16.7 Å². The lowest BCUT2D eigenvalue weighted by atomic mass is 10.1. The van der Waals surface area contributed by atoms with Gasteiger partial charge in [0.2, 0.25) is 0 Å². The van der Waals surface area contributed by atoms with Crippen molar-refractivity contribution in [1.29, 1.82) is 0 Å². The number of imide groups is 1. The summed E-state index contributed by atoms with van der Waals surface area (Å²) in [6.45, 7) is 0.221. The molecule has 0 saturated carbocycles. The largest absolute Gasteiger partial charge is 0.493 e. The summed E-state index contributed by atoms with van der Waals surface area (Å²) in [6.07, 6.45) is 1.61. The van der Waals surface area contributed by atoms with Crippen molar-refractivity contribution in [1.82, 2.24) is 4.90 Å². The maximum Gasteiger partial charge on any atom is 0.293 e. The quantitative estimate of drug-likeness (QED) is 0.261. The van der Waals surface area contributed by atoms with Crippen LogP contribution in [0.4, 0.5) is 9.18 Å². The maximum atomic E-state index is 13.4. The molecule has 0 bridgehead atoms. The second kappa shape index (κ2) is 11.0. The molecule has 1 fully saturated rings. The number of carbonyl (C=O) groups is 2. The SMILES string of the molecule is COc1cc(/C=C2/SC(=O)N(Cc3ccc(Cl)c(Cl)c3)C2=O)cc(Br)c1OCc1cccc(F)c1. The number of carbonyl (C=O) groups excluding carboxylic acids is 2. The first-order chi connectivity index (χ1) is 16.7. The molecule has 3 aromatic carbocycles. The van der Waals surface area contributed by atoms with Crippen molar-refractivity contribution in [2.24, 2.45) is 0 Å². The number of thioether (sulfide) groups is 1. The molecule has 0 spiro atoms. The van der Waals surface area contributed by atoms with Crippen LogP contribution in [0.15, 0.2) is 64.0 Å². The molecule has 1 heterocycles. The van der Waals surface area contributed by atoms with Crippen molar-refractivity contribution in [2.45, 2.75) is 13.2 Å². The van der Waals surface area contributed by atoms with Crippen molar-refractivity contribution in [3.05, 3.63) is 96.5 Å². The summed E-state index contributed by atoms with van der Waals surface area (Å²) in [5.41, 5.74) is 1.98. The lowest BCUT2D eigenvalue weighted by molar-refractivity contribution is -0.123. The molecule has 1 saturated heterocycles. The monoisotopic (exact) mass is 595 g/mol. The average Bonchev–Trinajstić information content (AvgIpc) is 3.07. The summed E-state index contributed by atoms with van der Waals surface area (Å²) >= 11 is 16.3. The Labute approximate surface area is 223 Å². The Morgan fingerprint density at radius 1 is 1.06 bits per heavy atom. The van der Waals surface area contributed by atoms with Crippen LogP contribution in [-0.4, -0.2) is 23.2 Å². The van der Waals surface area contributed by atoms with Gasteiger partial charge in [-0.25, -0.2) is 4.39 Å². The molecule has 0 aliphatic carbocycles. The second-order valence-electron chi connectivity index (χ2n) is 7.47. The summed E-state index contributed by atoms with van der Waals surface area (Å²) in [7, 11) is 1.49. The number of ether oxygens (including phenoxy) is 2. The van der Waals surface area contributed by atoms with Crippen LogP contribution < -0.4 is 9.47 Å². The zero-order chi connectivity index (χ0) is 25.1. The Kier molecular flexibility index (Phi) is 8.06. The Balaban J connectivity index is 1.53. The highest BCUT2D eigenvalue weighted by Gasteiger charge is 2.35. The van der Waals surface area contributed by atoms with E-state index in [1.165, 1.54) is 19.2 Å². The van der Waals surface area contributed by atoms with Crippen molar-refractivity contribution < 1.29 is 23.5 Å². The van der Waals surface area contributed by atoms with E-state index in [1.54, 1.807) is 48.5 Å². The highest BCUT2D eigenvalue weighted by molar-refractivity contribution is 9.10. The van der Waals surface area contributed by atoms with Crippen LogP contribution in [0.1, 0.15) is 16.7 Å². The van der Waals surface area contributed by atoms with Crippen LogP contribution in [-0.2, 0) is 17.9 Å². The van der Waals surface area contributed by atoms with Gasteiger partial charge in [0.1, 0.15) is 12.4 Å². The molecule has 0 radical (unpaired) electrons. The molecule has 0 unspecified atom stereocenters. The first-order valence-electron chi connectivity index (χ1n) is 10.2. The molecule has 10 heteroatoms. The molecule has 0 atom stereocenters. The first kappa shape index (κ1) is 25.6. The molecular formula is C25H17BrCl2FNO4S. The van der Waals surface area contributed by atoms with Crippen LogP contribution in [0.5, 0.6) is 11.5 Å². The van der Waals surface area contributed by atoms with Crippen LogP contribution in [0.3, 0.4) is 0 Å².